The number of nitrogens with zero attached hydrogens (tertiary/aromatic N) is 2. The molecule has 5 rings (SSSR count). The predicted molar refractivity (Wildman–Crippen MR) is 123 cm³/mol. The van der Waals surface area contributed by atoms with E-state index in [4.69, 9.17) is 19.9 Å². The van der Waals surface area contributed by atoms with Gasteiger partial charge in [0.2, 0.25) is 5.88 Å². The lowest BCUT2D eigenvalue weighted by Crippen LogP contribution is -2.39. The van der Waals surface area contributed by atoms with Gasteiger partial charge < -0.3 is 24.9 Å². The van der Waals surface area contributed by atoms with E-state index in [1.54, 1.807) is 37.4 Å². The van der Waals surface area contributed by atoms with E-state index in [-0.39, 0.29) is 30.1 Å². The topological polar surface area (TPSA) is 95.3 Å². The zero-order valence-electron chi connectivity index (χ0n) is 17.7. The third-order valence-corrected chi connectivity index (χ3v) is 5.67. The summed E-state index contributed by atoms with van der Waals surface area (Å²) >= 11 is 0. The maximum absolute atomic E-state index is 15.0. The van der Waals surface area contributed by atoms with E-state index < -0.39 is 5.82 Å². The van der Waals surface area contributed by atoms with Gasteiger partial charge in [-0.25, -0.2) is 14.4 Å². The van der Waals surface area contributed by atoms with Crippen molar-refractivity contribution in [2.75, 3.05) is 13.7 Å². The summed E-state index contributed by atoms with van der Waals surface area (Å²) in [6.07, 6.45) is 3.31. The van der Waals surface area contributed by atoms with Crippen molar-refractivity contribution in [1.82, 2.24) is 15.0 Å². The number of fused-ring (bicyclic) bond motifs is 2. The maximum atomic E-state index is 15.0. The SMILES string of the molecule is COc1cc2c(Oc3ccc4[nH]c(C)cc4c3F)ncnc2cc1OC[C@H]1C[C@@H](N)C1.Cl. The van der Waals surface area contributed by atoms with E-state index >= 15 is 0 Å². The third kappa shape index (κ3) is 4.03. The number of H-pyrrole nitrogens is 1. The Bertz CT molecular complexity index is 1270. The molecule has 0 saturated heterocycles. The fourth-order valence-corrected chi connectivity index (χ4v) is 4.00. The molecule has 3 N–H and O–H groups in total. The smallest absolute Gasteiger partial charge is 0.230 e. The van der Waals surface area contributed by atoms with Crippen molar-refractivity contribution in [3.63, 3.8) is 0 Å². The maximum Gasteiger partial charge on any atom is 0.230 e. The van der Waals surface area contributed by atoms with Crippen LogP contribution >= 0.6 is 12.4 Å². The Morgan fingerprint density at radius 1 is 1.09 bits per heavy atom. The summed E-state index contributed by atoms with van der Waals surface area (Å²) in [6, 6.07) is 8.92. The Hall–Kier alpha value is -3.10. The van der Waals surface area contributed by atoms with Crippen LogP contribution in [-0.4, -0.2) is 34.7 Å². The molecule has 0 amide bonds. The van der Waals surface area contributed by atoms with E-state index in [0.717, 1.165) is 18.5 Å². The fourth-order valence-electron chi connectivity index (χ4n) is 4.00. The summed E-state index contributed by atoms with van der Waals surface area (Å²) in [5.74, 6) is 1.47. The monoisotopic (exact) mass is 458 g/mol. The van der Waals surface area contributed by atoms with Crippen LogP contribution in [0.1, 0.15) is 18.5 Å². The molecule has 2 heterocycles. The minimum absolute atomic E-state index is 0. The standard InChI is InChI=1S/C23H23FN4O3.ClH/c1-12-5-15-17(28-12)3-4-19(22(15)24)31-23-16-8-20(29-2)21(9-18(16)26-11-27-23)30-10-13-6-14(25)7-13;/h3-5,8-9,11,13-14,28H,6-7,10,25H2,1-2H3;1H/t13-,14+;. The van der Waals surface area contributed by atoms with Gasteiger partial charge in [-0.3, -0.25) is 0 Å². The molecule has 0 unspecified atom stereocenters. The van der Waals surface area contributed by atoms with Crippen molar-refractivity contribution in [2.45, 2.75) is 25.8 Å². The number of aromatic nitrogens is 3. The Balaban J connectivity index is 0.00000245. The van der Waals surface area contributed by atoms with E-state index in [1.807, 2.05) is 6.92 Å². The number of hydrogen-bond acceptors (Lipinski definition) is 6. The lowest BCUT2D eigenvalue weighted by molar-refractivity contribution is 0.156. The van der Waals surface area contributed by atoms with Crippen LogP contribution in [0, 0.1) is 18.7 Å². The van der Waals surface area contributed by atoms with Crippen molar-refractivity contribution < 1.29 is 18.6 Å². The summed E-state index contributed by atoms with van der Waals surface area (Å²) in [6.45, 7) is 2.45. The average molecular weight is 459 g/mol. The number of rotatable bonds is 6. The minimum atomic E-state index is -0.445. The van der Waals surface area contributed by atoms with Crippen LogP contribution in [0.3, 0.4) is 0 Å². The average Bonchev–Trinajstić information content (AvgIpc) is 3.13. The second-order valence-corrected chi connectivity index (χ2v) is 8.00. The van der Waals surface area contributed by atoms with Gasteiger partial charge in [0.15, 0.2) is 23.1 Å². The molecule has 0 atom stereocenters. The molecule has 1 fully saturated rings. The molecule has 1 aliphatic carbocycles. The van der Waals surface area contributed by atoms with Crippen LogP contribution in [0.15, 0.2) is 36.7 Å². The summed E-state index contributed by atoms with van der Waals surface area (Å²) < 4.78 is 32.3. The Morgan fingerprint density at radius 2 is 1.91 bits per heavy atom. The predicted octanol–water partition coefficient (Wildman–Crippen LogP) is 4.90. The zero-order chi connectivity index (χ0) is 21.5. The van der Waals surface area contributed by atoms with Gasteiger partial charge in [-0.1, -0.05) is 0 Å². The number of benzene rings is 2. The van der Waals surface area contributed by atoms with Crippen LogP contribution in [0.2, 0.25) is 0 Å². The van der Waals surface area contributed by atoms with Crippen molar-refractivity contribution in [3.8, 4) is 23.1 Å². The molecular formula is C23H24ClFN4O3. The number of hydrogen-bond donors (Lipinski definition) is 2. The number of nitrogens with one attached hydrogen (secondary N) is 1. The molecular weight excluding hydrogens is 435 g/mol. The van der Waals surface area contributed by atoms with Gasteiger partial charge in [-0.2, -0.15) is 0 Å². The number of aromatic amines is 1. The molecule has 4 aromatic rings. The van der Waals surface area contributed by atoms with Crippen molar-refractivity contribution >= 4 is 34.2 Å². The van der Waals surface area contributed by atoms with E-state index in [1.165, 1.54) is 6.33 Å². The highest BCUT2D eigenvalue weighted by molar-refractivity contribution is 5.87. The normalized spacial score (nSPS) is 17.6. The van der Waals surface area contributed by atoms with Crippen LogP contribution < -0.4 is 19.9 Å². The summed E-state index contributed by atoms with van der Waals surface area (Å²) in [5.41, 5.74) is 8.06. The molecule has 2 aromatic heterocycles. The number of nitrogens with two attached hydrogens (primary N) is 1. The summed E-state index contributed by atoms with van der Waals surface area (Å²) in [4.78, 5) is 11.7. The molecule has 32 heavy (non-hydrogen) atoms. The first-order chi connectivity index (χ1) is 15.0. The molecule has 1 aliphatic rings. The second kappa shape index (κ2) is 8.80. The van der Waals surface area contributed by atoms with Crippen molar-refractivity contribution in [1.29, 1.82) is 0 Å². The highest BCUT2D eigenvalue weighted by Gasteiger charge is 2.27. The van der Waals surface area contributed by atoms with Crippen molar-refractivity contribution in [2.24, 2.45) is 11.7 Å². The van der Waals surface area contributed by atoms with E-state index in [9.17, 15) is 4.39 Å². The molecule has 9 heteroatoms. The molecule has 7 nitrogen and oxygen atoms in total. The first-order valence-electron chi connectivity index (χ1n) is 10.2. The quantitative estimate of drug-likeness (QED) is 0.427. The molecule has 0 radical (unpaired) electrons. The van der Waals surface area contributed by atoms with Crippen molar-refractivity contribution in [3.05, 3.63) is 48.2 Å². The molecule has 0 bridgehead atoms. The highest BCUT2D eigenvalue weighted by Crippen LogP contribution is 2.38. The zero-order valence-corrected chi connectivity index (χ0v) is 18.5. The Labute approximate surface area is 190 Å². The minimum Gasteiger partial charge on any atom is -0.493 e. The number of methoxy groups -OCH3 is 1. The Kier molecular flexibility index (Phi) is 6.08. The van der Waals surface area contributed by atoms with Gasteiger partial charge >= 0.3 is 0 Å². The molecule has 168 valence electrons. The lowest BCUT2D eigenvalue weighted by atomic mass is 9.82. The third-order valence-electron chi connectivity index (χ3n) is 5.67. The van der Waals surface area contributed by atoms with Gasteiger partial charge in [0.05, 0.1) is 24.6 Å². The van der Waals surface area contributed by atoms with E-state index in [0.29, 0.717) is 45.8 Å². The van der Waals surface area contributed by atoms with Crippen LogP contribution in [0.4, 0.5) is 4.39 Å². The van der Waals surface area contributed by atoms with Gasteiger partial charge in [-0.05, 0) is 49.9 Å². The largest absolute Gasteiger partial charge is 0.493 e. The first kappa shape index (κ1) is 22.1. The number of ether oxygens (including phenoxy) is 3. The van der Waals surface area contributed by atoms with Crippen LogP contribution in [0.25, 0.3) is 21.8 Å². The lowest BCUT2D eigenvalue weighted by Gasteiger charge is -2.32. The van der Waals surface area contributed by atoms with Gasteiger partial charge in [0.25, 0.3) is 0 Å². The highest BCUT2D eigenvalue weighted by atomic mass is 35.5. The second-order valence-electron chi connectivity index (χ2n) is 8.00. The van der Waals surface area contributed by atoms with Crippen LogP contribution in [-0.2, 0) is 0 Å². The molecule has 1 saturated carbocycles. The summed E-state index contributed by atoms with van der Waals surface area (Å²) in [5, 5.41) is 1.07. The van der Waals surface area contributed by atoms with Crippen LogP contribution in [0.5, 0.6) is 23.1 Å². The van der Waals surface area contributed by atoms with Gasteiger partial charge in [0.1, 0.15) is 6.33 Å². The van der Waals surface area contributed by atoms with E-state index in [2.05, 4.69) is 15.0 Å². The fraction of sp³-hybridized carbons (Fsp3) is 0.304. The molecule has 0 spiro atoms. The molecule has 2 aromatic carbocycles. The van der Waals surface area contributed by atoms with Gasteiger partial charge in [-0.15, -0.1) is 12.4 Å². The first-order valence-corrected chi connectivity index (χ1v) is 10.2. The Morgan fingerprint density at radius 3 is 2.66 bits per heavy atom. The molecule has 0 aliphatic heterocycles. The van der Waals surface area contributed by atoms with Gasteiger partial charge in [0, 0.05) is 28.7 Å². The number of halogens is 2. The number of aryl methyl sites for hydroxylation is 1. The summed E-state index contributed by atoms with van der Waals surface area (Å²) in [7, 11) is 1.57.